The Kier molecular flexibility index (Phi) is 7.47. The summed E-state index contributed by atoms with van der Waals surface area (Å²) in [5.41, 5.74) is 1.99. The Hall–Kier alpha value is -3.81. The van der Waals surface area contributed by atoms with Gasteiger partial charge in [-0.3, -0.25) is 4.79 Å². The maximum absolute atomic E-state index is 12.9. The van der Waals surface area contributed by atoms with Crippen LogP contribution in [0.25, 0.3) is 0 Å². The number of aryl methyl sites for hydroxylation is 1. The van der Waals surface area contributed by atoms with Crippen molar-refractivity contribution >= 4 is 11.7 Å². The molecule has 0 spiro atoms. The molecule has 4 rings (SSSR count). The largest absolute Gasteiger partial charge is 0.497 e. The lowest BCUT2D eigenvalue weighted by Gasteiger charge is -2.32. The van der Waals surface area contributed by atoms with E-state index in [1.807, 2.05) is 49.4 Å². The van der Waals surface area contributed by atoms with Crippen LogP contribution in [0.1, 0.15) is 24.0 Å². The Balaban J connectivity index is 1.35. The van der Waals surface area contributed by atoms with Gasteiger partial charge < -0.3 is 24.4 Å². The number of hydrogen-bond acceptors (Lipinski definition) is 7. The van der Waals surface area contributed by atoms with Crippen LogP contribution in [0.4, 0.5) is 5.82 Å². The smallest absolute Gasteiger partial charge is 0.263 e. The van der Waals surface area contributed by atoms with Crippen LogP contribution in [0.15, 0.2) is 54.9 Å². The molecular weight excluding hydrogens is 432 g/mol. The lowest BCUT2D eigenvalue weighted by molar-refractivity contribution is -0.125. The summed E-state index contributed by atoms with van der Waals surface area (Å²) in [6.45, 7) is 3.80. The number of methoxy groups -OCH3 is 2. The molecule has 178 valence electrons. The fraction of sp³-hybridized carbons (Fsp3) is 0.346. The number of aromatic nitrogens is 2. The lowest BCUT2D eigenvalue weighted by Crippen LogP contribution is -2.40. The Morgan fingerprint density at radius 3 is 2.56 bits per heavy atom. The number of carbonyl (C=O) groups is 1. The standard InChI is InChI=1S/C26H30N4O4/c1-18-5-4-6-22(15-18)34-26-24(27-11-12-28-26)30-13-9-19(10-14-30)25(31)29-17-20-16-21(32-2)7-8-23(20)33-3/h4-8,11-12,15-16,19H,9-10,13-14,17H2,1-3H3,(H,29,31). The molecule has 0 bridgehead atoms. The number of hydrogen-bond donors (Lipinski definition) is 1. The zero-order valence-electron chi connectivity index (χ0n) is 19.8. The first-order valence-corrected chi connectivity index (χ1v) is 11.4. The second-order valence-electron chi connectivity index (χ2n) is 8.26. The van der Waals surface area contributed by atoms with Crippen molar-refractivity contribution in [2.45, 2.75) is 26.3 Å². The fourth-order valence-electron chi connectivity index (χ4n) is 4.10. The monoisotopic (exact) mass is 462 g/mol. The quantitative estimate of drug-likeness (QED) is 0.539. The maximum Gasteiger partial charge on any atom is 0.263 e. The number of nitrogens with one attached hydrogen (secondary N) is 1. The van der Waals surface area contributed by atoms with Crippen molar-refractivity contribution in [3.63, 3.8) is 0 Å². The summed E-state index contributed by atoms with van der Waals surface area (Å²) in [5.74, 6) is 3.32. The Bertz CT molecular complexity index is 1130. The van der Waals surface area contributed by atoms with Crippen LogP contribution in [0, 0.1) is 12.8 Å². The zero-order valence-corrected chi connectivity index (χ0v) is 19.8. The minimum Gasteiger partial charge on any atom is -0.497 e. The van der Waals surface area contributed by atoms with Gasteiger partial charge in [0.25, 0.3) is 5.88 Å². The van der Waals surface area contributed by atoms with E-state index in [1.54, 1.807) is 26.6 Å². The number of ether oxygens (including phenoxy) is 3. The molecule has 2 aromatic carbocycles. The van der Waals surface area contributed by atoms with E-state index >= 15 is 0 Å². The summed E-state index contributed by atoms with van der Waals surface area (Å²) in [6.07, 6.45) is 4.74. The average Bonchev–Trinajstić information content (AvgIpc) is 2.87. The highest BCUT2D eigenvalue weighted by Gasteiger charge is 2.27. The Morgan fingerprint density at radius 1 is 1.03 bits per heavy atom. The predicted octanol–water partition coefficient (Wildman–Crippen LogP) is 4.13. The molecule has 2 heterocycles. The highest BCUT2D eigenvalue weighted by Crippen LogP contribution is 2.31. The summed E-state index contributed by atoms with van der Waals surface area (Å²) < 4.78 is 16.7. The van der Waals surface area contributed by atoms with Crippen LogP contribution >= 0.6 is 0 Å². The number of nitrogens with zero attached hydrogens (tertiary/aromatic N) is 3. The van der Waals surface area contributed by atoms with Crippen molar-refractivity contribution < 1.29 is 19.0 Å². The first-order chi connectivity index (χ1) is 16.6. The van der Waals surface area contributed by atoms with Gasteiger partial charge in [0.05, 0.1) is 14.2 Å². The third-order valence-corrected chi connectivity index (χ3v) is 5.96. The van der Waals surface area contributed by atoms with Gasteiger partial charge in [-0.05, 0) is 55.7 Å². The Labute approximate surface area is 199 Å². The van der Waals surface area contributed by atoms with Crippen molar-refractivity contribution in [3.8, 4) is 23.1 Å². The van der Waals surface area contributed by atoms with Gasteiger partial charge in [-0.15, -0.1) is 0 Å². The van der Waals surface area contributed by atoms with Crippen molar-refractivity contribution in [2.24, 2.45) is 5.92 Å². The molecule has 1 aromatic heterocycles. The van der Waals surface area contributed by atoms with Gasteiger partial charge in [0, 0.05) is 43.5 Å². The highest BCUT2D eigenvalue weighted by molar-refractivity contribution is 5.79. The molecule has 0 saturated carbocycles. The van der Waals surface area contributed by atoms with Crippen LogP contribution < -0.4 is 24.4 Å². The summed E-state index contributed by atoms with van der Waals surface area (Å²) in [4.78, 5) is 23.9. The minimum absolute atomic E-state index is 0.0416. The summed E-state index contributed by atoms with van der Waals surface area (Å²) >= 11 is 0. The summed E-state index contributed by atoms with van der Waals surface area (Å²) in [7, 11) is 3.23. The number of anilines is 1. The molecule has 8 heteroatoms. The maximum atomic E-state index is 12.9. The molecule has 1 amide bonds. The second-order valence-corrected chi connectivity index (χ2v) is 8.26. The van der Waals surface area contributed by atoms with E-state index in [9.17, 15) is 4.79 Å². The summed E-state index contributed by atoms with van der Waals surface area (Å²) in [6, 6.07) is 13.4. The van der Waals surface area contributed by atoms with Gasteiger partial charge >= 0.3 is 0 Å². The molecule has 0 unspecified atom stereocenters. The van der Waals surface area contributed by atoms with Crippen molar-refractivity contribution in [2.75, 3.05) is 32.2 Å². The Morgan fingerprint density at radius 2 is 1.82 bits per heavy atom. The van der Waals surface area contributed by atoms with Crippen molar-refractivity contribution in [3.05, 3.63) is 66.0 Å². The first kappa shape index (κ1) is 23.4. The van der Waals surface area contributed by atoms with E-state index in [-0.39, 0.29) is 11.8 Å². The van der Waals surface area contributed by atoms with Crippen molar-refractivity contribution in [1.29, 1.82) is 0 Å². The lowest BCUT2D eigenvalue weighted by atomic mass is 9.96. The van der Waals surface area contributed by atoms with Gasteiger partial charge in [0.15, 0.2) is 5.82 Å². The molecule has 3 aromatic rings. The third-order valence-electron chi connectivity index (χ3n) is 5.96. The van der Waals surface area contributed by atoms with Gasteiger partial charge in [-0.2, -0.15) is 0 Å². The molecular formula is C26H30N4O4. The van der Waals surface area contributed by atoms with Crippen LogP contribution in [0.5, 0.6) is 23.1 Å². The van der Waals surface area contributed by atoms with Gasteiger partial charge in [0.1, 0.15) is 17.2 Å². The molecule has 8 nitrogen and oxygen atoms in total. The highest BCUT2D eigenvalue weighted by atomic mass is 16.5. The number of amides is 1. The predicted molar refractivity (Wildman–Crippen MR) is 130 cm³/mol. The zero-order chi connectivity index (χ0) is 23.9. The van der Waals surface area contributed by atoms with E-state index < -0.39 is 0 Å². The van der Waals surface area contributed by atoms with Crippen LogP contribution in [-0.2, 0) is 11.3 Å². The van der Waals surface area contributed by atoms with E-state index in [0.717, 1.165) is 41.2 Å². The normalized spacial score (nSPS) is 13.9. The molecule has 1 saturated heterocycles. The molecule has 1 aliphatic heterocycles. The number of benzene rings is 2. The van der Waals surface area contributed by atoms with E-state index in [2.05, 4.69) is 20.2 Å². The van der Waals surface area contributed by atoms with Gasteiger partial charge in [-0.25, -0.2) is 9.97 Å². The molecule has 0 atom stereocenters. The minimum atomic E-state index is -0.0642. The average molecular weight is 463 g/mol. The van der Waals surface area contributed by atoms with Gasteiger partial charge in [0.2, 0.25) is 5.91 Å². The molecule has 0 aliphatic carbocycles. The second kappa shape index (κ2) is 10.9. The van der Waals surface area contributed by atoms with E-state index in [4.69, 9.17) is 14.2 Å². The molecule has 1 aliphatic rings. The van der Waals surface area contributed by atoms with E-state index in [1.165, 1.54) is 0 Å². The molecule has 0 radical (unpaired) electrons. The molecule has 1 fully saturated rings. The number of carbonyl (C=O) groups excluding carboxylic acids is 1. The van der Waals surface area contributed by atoms with Crippen LogP contribution in [0.3, 0.4) is 0 Å². The van der Waals surface area contributed by atoms with Gasteiger partial charge in [-0.1, -0.05) is 12.1 Å². The molecule has 1 N–H and O–H groups in total. The fourth-order valence-corrected chi connectivity index (χ4v) is 4.10. The first-order valence-electron chi connectivity index (χ1n) is 11.4. The third kappa shape index (κ3) is 5.57. The summed E-state index contributed by atoms with van der Waals surface area (Å²) in [5, 5.41) is 3.05. The topological polar surface area (TPSA) is 85.8 Å². The number of rotatable bonds is 8. The molecule has 34 heavy (non-hydrogen) atoms. The number of piperidine rings is 1. The van der Waals surface area contributed by atoms with E-state index in [0.29, 0.717) is 31.3 Å². The van der Waals surface area contributed by atoms with Crippen molar-refractivity contribution in [1.82, 2.24) is 15.3 Å². The van der Waals surface area contributed by atoms with Crippen LogP contribution in [-0.4, -0.2) is 43.2 Å². The van der Waals surface area contributed by atoms with Crippen LogP contribution in [0.2, 0.25) is 0 Å². The SMILES string of the molecule is COc1ccc(OC)c(CNC(=O)C2CCN(c3nccnc3Oc3cccc(C)c3)CC2)c1.